The lowest BCUT2D eigenvalue weighted by molar-refractivity contribution is 0.437. The molecule has 0 radical (unpaired) electrons. The van der Waals surface area contributed by atoms with Crippen molar-refractivity contribution in [3.8, 4) is 0 Å². The van der Waals surface area contributed by atoms with Gasteiger partial charge >= 0.3 is 0 Å². The van der Waals surface area contributed by atoms with Crippen LogP contribution >= 0.6 is 0 Å². The Balaban J connectivity index is 1.58. The van der Waals surface area contributed by atoms with E-state index in [0.717, 1.165) is 30.5 Å². The van der Waals surface area contributed by atoms with Crippen LogP contribution in [0.15, 0.2) is 16.5 Å². The molecule has 1 fully saturated rings. The van der Waals surface area contributed by atoms with Crippen LogP contribution in [0.25, 0.3) is 0 Å². The summed E-state index contributed by atoms with van der Waals surface area (Å²) in [6, 6.07) is 4.08. The lowest BCUT2D eigenvalue weighted by atomic mass is 10.0. The molecule has 2 heteroatoms. The molecule has 1 aromatic rings. The quantitative estimate of drug-likeness (QED) is 0.750. The topological polar surface area (TPSA) is 25.2 Å². The highest BCUT2D eigenvalue weighted by Crippen LogP contribution is 2.26. The summed E-state index contributed by atoms with van der Waals surface area (Å²) in [6.07, 6.45) is 7.12. The van der Waals surface area contributed by atoms with Gasteiger partial charge in [0.1, 0.15) is 11.5 Å². The maximum Gasteiger partial charge on any atom is 0.117 e. The summed E-state index contributed by atoms with van der Waals surface area (Å²) in [6.45, 7) is 3.99. The third-order valence-electron chi connectivity index (χ3n) is 3.30. The summed E-state index contributed by atoms with van der Waals surface area (Å²) in [4.78, 5) is 0. The van der Waals surface area contributed by atoms with Crippen LogP contribution in [0.4, 0.5) is 0 Å². The summed E-state index contributed by atoms with van der Waals surface area (Å²) >= 11 is 0. The van der Waals surface area contributed by atoms with Crippen LogP contribution in [0, 0.1) is 12.8 Å². The standard InChI is InChI=1S/C13H21NO/c1-11-6-7-13(15-11)10-14-9-8-12-4-2-3-5-12/h6-7,12,14H,2-5,8-10H2,1H3. The minimum absolute atomic E-state index is 0.876. The fourth-order valence-electron chi connectivity index (χ4n) is 2.40. The van der Waals surface area contributed by atoms with Crippen molar-refractivity contribution in [3.05, 3.63) is 23.7 Å². The molecule has 0 saturated heterocycles. The first-order valence-electron chi connectivity index (χ1n) is 6.10. The first-order chi connectivity index (χ1) is 7.34. The van der Waals surface area contributed by atoms with E-state index in [9.17, 15) is 0 Å². The molecule has 0 amide bonds. The van der Waals surface area contributed by atoms with Crippen molar-refractivity contribution in [2.45, 2.75) is 45.6 Å². The fraction of sp³-hybridized carbons (Fsp3) is 0.692. The molecule has 0 aliphatic heterocycles. The number of furan rings is 1. The van der Waals surface area contributed by atoms with Gasteiger partial charge in [0.15, 0.2) is 0 Å². The second-order valence-corrected chi connectivity index (χ2v) is 4.63. The minimum atomic E-state index is 0.876. The first-order valence-corrected chi connectivity index (χ1v) is 6.10. The monoisotopic (exact) mass is 207 g/mol. The van der Waals surface area contributed by atoms with E-state index in [1.807, 2.05) is 13.0 Å². The molecule has 1 aliphatic carbocycles. The van der Waals surface area contributed by atoms with Gasteiger partial charge in [-0.1, -0.05) is 25.7 Å². The summed E-state index contributed by atoms with van der Waals surface area (Å²) in [5.74, 6) is 3.04. The summed E-state index contributed by atoms with van der Waals surface area (Å²) in [7, 11) is 0. The Bertz CT molecular complexity index is 286. The zero-order valence-corrected chi connectivity index (χ0v) is 9.59. The van der Waals surface area contributed by atoms with E-state index in [2.05, 4.69) is 11.4 Å². The van der Waals surface area contributed by atoms with E-state index in [1.54, 1.807) is 0 Å². The van der Waals surface area contributed by atoms with Gasteiger partial charge in [0.05, 0.1) is 6.54 Å². The summed E-state index contributed by atoms with van der Waals surface area (Å²) in [5.41, 5.74) is 0. The highest BCUT2D eigenvalue weighted by molar-refractivity contribution is 5.04. The molecule has 0 spiro atoms. The Morgan fingerprint density at radius 3 is 2.80 bits per heavy atom. The van der Waals surface area contributed by atoms with Gasteiger partial charge in [-0.15, -0.1) is 0 Å². The van der Waals surface area contributed by atoms with Gasteiger partial charge in [-0.25, -0.2) is 0 Å². The number of aryl methyl sites for hydroxylation is 1. The Labute approximate surface area is 92.1 Å². The van der Waals surface area contributed by atoms with Crippen LogP contribution in [-0.4, -0.2) is 6.54 Å². The van der Waals surface area contributed by atoms with E-state index in [0.29, 0.717) is 0 Å². The molecule has 1 saturated carbocycles. The van der Waals surface area contributed by atoms with E-state index >= 15 is 0 Å². The minimum Gasteiger partial charge on any atom is -0.465 e. The molecule has 0 bridgehead atoms. The third-order valence-corrected chi connectivity index (χ3v) is 3.30. The van der Waals surface area contributed by atoms with Crippen molar-refractivity contribution in [1.82, 2.24) is 5.32 Å². The second kappa shape index (κ2) is 5.36. The molecule has 2 rings (SSSR count). The van der Waals surface area contributed by atoms with Gasteiger partial charge in [0.2, 0.25) is 0 Å². The number of hydrogen-bond acceptors (Lipinski definition) is 2. The van der Waals surface area contributed by atoms with Gasteiger partial charge < -0.3 is 9.73 Å². The van der Waals surface area contributed by atoms with Crippen molar-refractivity contribution in [1.29, 1.82) is 0 Å². The molecular formula is C13H21NO. The second-order valence-electron chi connectivity index (χ2n) is 4.63. The van der Waals surface area contributed by atoms with Crippen molar-refractivity contribution in [3.63, 3.8) is 0 Å². The average Bonchev–Trinajstić information content (AvgIpc) is 2.84. The first kappa shape index (κ1) is 10.7. The Kier molecular flexibility index (Phi) is 3.84. The molecule has 2 nitrogen and oxygen atoms in total. The number of rotatable bonds is 5. The third kappa shape index (κ3) is 3.38. The maximum absolute atomic E-state index is 5.49. The SMILES string of the molecule is Cc1ccc(CNCCC2CCCC2)o1. The normalized spacial score (nSPS) is 17.4. The van der Waals surface area contributed by atoms with Gasteiger partial charge in [-0.2, -0.15) is 0 Å². The smallest absolute Gasteiger partial charge is 0.117 e. The molecule has 1 N–H and O–H groups in total. The molecule has 1 heterocycles. The summed E-state index contributed by atoms with van der Waals surface area (Å²) < 4.78 is 5.49. The van der Waals surface area contributed by atoms with Crippen LogP contribution < -0.4 is 5.32 Å². The molecule has 1 aromatic heterocycles. The predicted octanol–water partition coefficient (Wildman–Crippen LogP) is 3.26. The van der Waals surface area contributed by atoms with E-state index in [1.165, 1.54) is 32.1 Å². The van der Waals surface area contributed by atoms with Gasteiger partial charge in [-0.3, -0.25) is 0 Å². The molecule has 1 aliphatic rings. The largest absolute Gasteiger partial charge is 0.465 e. The van der Waals surface area contributed by atoms with E-state index < -0.39 is 0 Å². The van der Waals surface area contributed by atoms with Crippen LogP contribution in [-0.2, 0) is 6.54 Å². The molecule has 0 aromatic carbocycles. The van der Waals surface area contributed by atoms with Gasteiger partial charge in [0, 0.05) is 0 Å². The predicted molar refractivity (Wildman–Crippen MR) is 61.7 cm³/mol. The fourth-order valence-corrected chi connectivity index (χ4v) is 2.40. The average molecular weight is 207 g/mol. The van der Waals surface area contributed by atoms with Crippen molar-refractivity contribution in [2.75, 3.05) is 6.54 Å². The Morgan fingerprint density at radius 1 is 1.33 bits per heavy atom. The maximum atomic E-state index is 5.49. The number of nitrogens with one attached hydrogen (secondary N) is 1. The number of hydrogen-bond donors (Lipinski definition) is 1. The van der Waals surface area contributed by atoms with Crippen LogP contribution in [0.3, 0.4) is 0 Å². The Morgan fingerprint density at radius 2 is 2.13 bits per heavy atom. The molecule has 0 atom stereocenters. The molecule has 84 valence electrons. The van der Waals surface area contributed by atoms with Crippen LogP contribution in [0.5, 0.6) is 0 Å². The highest BCUT2D eigenvalue weighted by Gasteiger charge is 2.13. The lowest BCUT2D eigenvalue weighted by Crippen LogP contribution is -2.16. The zero-order valence-electron chi connectivity index (χ0n) is 9.59. The van der Waals surface area contributed by atoms with E-state index in [4.69, 9.17) is 4.42 Å². The van der Waals surface area contributed by atoms with Crippen molar-refractivity contribution in [2.24, 2.45) is 5.92 Å². The van der Waals surface area contributed by atoms with Gasteiger partial charge in [-0.05, 0) is 37.9 Å². The van der Waals surface area contributed by atoms with Crippen molar-refractivity contribution < 1.29 is 4.42 Å². The summed E-state index contributed by atoms with van der Waals surface area (Å²) in [5, 5.41) is 3.45. The van der Waals surface area contributed by atoms with Crippen molar-refractivity contribution >= 4 is 0 Å². The van der Waals surface area contributed by atoms with Gasteiger partial charge in [0.25, 0.3) is 0 Å². The molecule has 15 heavy (non-hydrogen) atoms. The van der Waals surface area contributed by atoms with Crippen LogP contribution in [0.1, 0.15) is 43.6 Å². The zero-order chi connectivity index (χ0) is 10.5. The van der Waals surface area contributed by atoms with E-state index in [-0.39, 0.29) is 0 Å². The Hall–Kier alpha value is -0.760. The molecule has 0 unspecified atom stereocenters. The van der Waals surface area contributed by atoms with Crippen LogP contribution in [0.2, 0.25) is 0 Å². The highest BCUT2D eigenvalue weighted by atomic mass is 16.3. The lowest BCUT2D eigenvalue weighted by Gasteiger charge is -2.08. The molecular weight excluding hydrogens is 186 g/mol.